The second kappa shape index (κ2) is 7.07. The summed E-state index contributed by atoms with van der Waals surface area (Å²) in [6.07, 6.45) is 6.36. The Bertz CT molecular complexity index is 353. The van der Waals surface area contributed by atoms with Crippen molar-refractivity contribution < 1.29 is 9.53 Å². The molecular formula is C16H29N3O2. The lowest BCUT2D eigenvalue weighted by molar-refractivity contribution is -0.146. The van der Waals surface area contributed by atoms with Gasteiger partial charge >= 0.3 is 5.97 Å². The van der Waals surface area contributed by atoms with E-state index in [1.54, 1.807) is 0 Å². The molecule has 3 rings (SSSR count). The SMILES string of the molecule is CCOC(=O)C(CN1CCC(N2CCCC2)C1)NC1CC1. The highest BCUT2D eigenvalue weighted by molar-refractivity contribution is 5.76. The van der Waals surface area contributed by atoms with Crippen LogP contribution in [-0.2, 0) is 9.53 Å². The predicted octanol–water partition coefficient (Wildman–Crippen LogP) is 0.840. The van der Waals surface area contributed by atoms with E-state index in [1.807, 2.05) is 6.92 Å². The average molecular weight is 295 g/mol. The van der Waals surface area contributed by atoms with Crippen LogP contribution >= 0.6 is 0 Å². The molecule has 3 fully saturated rings. The Morgan fingerprint density at radius 3 is 2.67 bits per heavy atom. The normalized spacial score (nSPS) is 28.9. The Kier molecular flexibility index (Phi) is 5.14. The van der Waals surface area contributed by atoms with E-state index in [4.69, 9.17) is 4.74 Å². The molecule has 0 aromatic carbocycles. The summed E-state index contributed by atoms with van der Waals surface area (Å²) >= 11 is 0. The van der Waals surface area contributed by atoms with Gasteiger partial charge in [0.15, 0.2) is 0 Å². The number of likely N-dealkylation sites (tertiary alicyclic amines) is 2. The molecule has 21 heavy (non-hydrogen) atoms. The summed E-state index contributed by atoms with van der Waals surface area (Å²) in [4.78, 5) is 17.2. The van der Waals surface area contributed by atoms with Crippen LogP contribution in [0.5, 0.6) is 0 Å². The third-order valence-corrected chi connectivity index (χ3v) is 4.93. The Morgan fingerprint density at radius 1 is 1.24 bits per heavy atom. The lowest BCUT2D eigenvalue weighted by Gasteiger charge is -2.26. The van der Waals surface area contributed by atoms with Gasteiger partial charge in [0.25, 0.3) is 0 Å². The first-order valence-electron chi connectivity index (χ1n) is 8.65. The van der Waals surface area contributed by atoms with Gasteiger partial charge in [-0.15, -0.1) is 0 Å². The lowest BCUT2D eigenvalue weighted by atomic mass is 10.2. The maximum atomic E-state index is 12.1. The molecule has 5 heteroatoms. The van der Waals surface area contributed by atoms with Gasteiger partial charge in [0, 0.05) is 25.2 Å². The number of esters is 1. The van der Waals surface area contributed by atoms with Crippen molar-refractivity contribution in [1.82, 2.24) is 15.1 Å². The van der Waals surface area contributed by atoms with Crippen molar-refractivity contribution in [2.75, 3.05) is 39.3 Å². The minimum absolute atomic E-state index is 0.0750. The number of carbonyl (C=O) groups is 1. The van der Waals surface area contributed by atoms with Crippen LogP contribution in [0.1, 0.15) is 39.0 Å². The van der Waals surface area contributed by atoms with Crippen LogP contribution < -0.4 is 5.32 Å². The number of hydrogen-bond donors (Lipinski definition) is 1. The Hall–Kier alpha value is -0.650. The summed E-state index contributed by atoms with van der Waals surface area (Å²) in [6.45, 7) is 7.91. The summed E-state index contributed by atoms with van der Waals surface area (Å²) < 4.78 is 5.23. The Morgan fingerprint density at radius 2 is 2.00 bits per heavy atom. The van der Waals surface area contributed by atoms with Gasteiger partial charge in [-0.25, -0.2) is 0 Å². The summed E-state index contributed by atoms with van der Waals surface area (Å²) in [5.41, 5.74) is 0. The quantitative estimate of drug-likeness (QED) is 0.705. The third-order valence-electron chi connectivity index (χ3n) is 4.93. The molecule has 5 nitrogen and oxygen atoms in total. The molecule has 3 aliphatic rings. The zero-order chi connectivity index (χ0) is 14.7. The minimum atomic E-state index is -0.144. The molecule has 2 saturated heterocycles. The number of hydrogen-bond acceptors (Lipinski definition) is 5. The van der Waals surface area contributed by atoms with Crippen LogP contribution in [0, 0.1) is 0 Å². The molecule has 2 unspecified atom stereocenters. The standard InChI is InChI=1S/C16H29N3O2/c1-2-21-16(20)15(17-13-5-6-13)12-18-10-7-14(11-18)19-8-3-4-9-19/h13-15,17H,2-12H2,1H3. The van der Waals surface area contributed by atoms with Crippen LogP contribution in [0.2, 0.25) is 0 Å². The number of ether oxygens (including phenoxy) is 1. The number of nitrogens with zero attached hydrogens (tertiary/aromatic N) is 2. The fourth-order valence-corrected chi connectivity index (χ4v) is 3.61. The van der Waals surface area contributed by atoms with Gasteiger partial charge in [0.2, 0.25) is 0 Å². The molecule has 2 aliphatic heterocycles. The van der Waals surface area contributed by atoms with Gasteiger partial charge < -0.3 is 10.1 Å². The van der Waals surface area contributed by atoms with Crippen molar-refractivity contribution >= 4 is 5.97 Å². The summed E-state index contributed by atoms with van der Waals surface area (Å²) in [7, 11) is 0. The first-order valence-corrected chi connectivity index (χ1v) is 8.65. The van der Waals surface area contributed by atoms with Gasteiger partial charge in [-0.2, -0.15) is 0 Å². The molecule has 1 aliphatic carbocycles. The first-order chi connectivity index (χ1) is 10.3. The molecule has 0 spiro atoms. The monoisotopic (exact) mass is 295 g/mol. The number of nitrogens with one attached hydrogen (secondary N) is 1. The average Bonchev–Trinajstić information content (AvgIpc) is 2.94. The van der Waals surface area contributed by atoms with E-state index in [0.717, 1.165) is 19.6 Å². The van der Waals surface area contributed by atoms with Gasteiger partial charge in [0.05, 0.1) is 6.61 Å². The van der Waals surface area contributed by atoms with E-state index in [9.17, 15) is 4.79 Å². The zero-order valence-corrected chi connectivity index (χ0v) is 13.2. The zero-order valence-electron chi connectivity index (χ0n) is 13.2. The fraction of sp³-hybridized carbons (Fsp3) is 0.938. The summed E-state index contributed by atoms with van der Waals surface area (Å²) in [6, 6.07) is 1.10. The highest BCUT2D eigenvalue weighted by Crippen LogP contribution is 2.22. The number of carbonyl (C=O) groups excluding carboxylic acids is 1. The van der Waals surface area contributed by atoms with Crippen molar-refractivity contribution in [2.45, 2.75) is 57.2 Å². The molecule has 0 aromatic rings. The molecule has 0 aromatic heterocycles. The molecular weight excluding hydrogens is 266 g/mol. The highest BCUT2D eigenvalue weighted by atomic mass is 16.5. The highest BCUT2D eigenvalue weighted by Gasteiger charge is 2.34. The molecule has 2 heterocycles. The first kappa shape index (κ1) is 15.3. The summed E-state index contributed by atoms with van der Waals surface area (Å²) in [5.74, 6) is -0.0750. The smallest absolute Gasteiger partial charge is 0.324 e. The largest absolute Gasteiger partial charge is 0.465 e. The molecule has 0 amide bonds. The molecule has 0 bridgehead atoms. The lowest BCUT2D eigenvalue weighted by Crippen LogP contribution is -2.48. The van der Waals surface area contributed by atoms with Crippen molar-refractivity contribution in [3.05, 3.63) is 0 Å². The number of rotatable bonds is 7. The fourth-order valence-electron chi connectivity index (χ4n) is 3.61. The Balaban J connectivity index is 1.49. The van der Waals surface area contributed by atoms with Crippen LogP contribution in [-0.4, -0.2) is 73.2 Å². The second-order valence-electron chi connectivity index (χ2n) is 6.69. The van der Waals surface area contributed by atoms with E-state index >= 15 is 0 Å². The molecule has 1 N–H and O–H groups in total. The van der Waals surface area contributed by atoms with E-state index in [-0.39, 0.29) is 12.0 Å². The van der Waals surface area contributed by atoms with Crippen LogP contribution in [0.15, 0.2) is 0 Å². The summed E-state index contributed by atoms with van der Waals surface area (Å²) in [5, 5.41) is 3.46. The third kappa shape index (κ3) is 4.18. The van der Waals surface area contributed by atoms with Crippen molar-refractivity contribution in [3.8, 4) is 0 Å². The second-order valence-corrected chi connectivity index (χ2v) is 6.69. The van der Waals surface area contributed by atoms with E-state index in [1.165, 1.54) is 45.2 Å². The van der Waals surface area contributed by atoms with Crippen LogP contribution in [0.25, 0.3) is 0 Å². The van der Waals surface area contributed by atoms with Gasteiger partial charge in [0.1, 0.15) is 6.04 Å². The van der Waals surface area contributed by atoms with Crippen molar-refractivity contribution in [2.24, 2.45) is 0 Å². The van der Waals surface area contributed by atoms with Gasteiger partial charge in [-0.1, -0.05) is 0 Å². The van der Waals surface area contributed by atoms with E-state index < -0.39 is 0 Å². The van der Waals surface area contributed by atoms with Crippen LogP contribution in [0.4, 0.5) is 0 Å². The predicted molar refractivity (Wildman–Crippen MR) is 82.2 cm³/mol. The molecule has 120 valence electrons. The van der Waals surface area contributed by atoms with E-state index in [2.05, 4.69) is 15.1 Å². The van der Waals surface area contributed by atoms with Crippen LogP contribution in [0.3, 0.4) is 0 Å². The molecule has 2 atom stereocenters. The molecule has 0 radical (unpaired) electrons. The minimum Gasteiger partial charge on any atom is -0.465 e. The topological polar surface area (TPSA) is 44.8 Å². The van der Waals surface area contributed by atoms with Gasteiger partial charge in [-0.3, -0.25) is 14.6 Å². The van der Waals surface area contributed by atoms with Crippen molar-refractivity contribution in [3.63, 3.8) is 0 Å². The van der Waals surface area contributed by atoms with Crippen molar-refractivity contribution in [1.29, 1.82) is 0 Å². The Labute approximate surface area is 128 Å². The maximum absolute atomic E-state index is 12.1. The van der Waals surface area contributed by atoms with Gasteiger partial charge in [-0.05, 0) is 58.7 Å². The van der Waals surface area contributed by atoms with E-state index in [0.29, 0.717) is 18.7 Å². The maximum Gasteiger partial charge on any atom is 0.324 e. The molecule has 1 saturated carbocycles.